The van der Waals surface area contributed by atoms with E-state index < -0.39 is 0 Å². The standard InChI is InChI=1S/C20H21N3O2/c1-13-16-8-4-3-6-15(16)12-23(13)20(25)17-10-18(24)22(2)19(17)14-7-5-9-21-11-14/h3-9,11,13,17,19H,10,12H2,1-2H3/t13-,17-,19+/m1/s1. The Morgan fingerprint density at radius 3 is 2.72 bits per heavy atom. The molecule has 2 amide bonds. The first kappa shape index (κ1) is 15.8. The van der Waals surface area contributed by atoms with Crippen molar-refractivity contribution in [2.45, 2.75) is 32.0 Å². The molecule has 0 aliphatic carbocycles. The number of fused-ring (bicyclic) bond motifs is 1. The van der Waals surface area contributed by atoms with Gasteiger partial charge in [0.05, 0.1) is 18.0 Å². The van der Waals surface area contributed by atoms with E-state index in [-0.39, 0.29) is 36.2 Å². The van der Waals surface area contributed by atoms with Crippen LogP contribution in [0.25, 0.3) is 0 Å². The molecule has 2 aliphatic heterocycles. The van der Waals surface area contributed by atoms with Gasteiger partial charge in [-0.25, -0.2) is 0 Å². The van der Waals surface area contributed by atoms with Crippen molar-refractivity contribution in [3.63, 3.8) is 0 Å². The lowest BCUT2D eigenvalue weighted by Gasteiger charge is -2.29. The molecule has 0 spiro atoms. The minimum Gasteiger partial charge on any atom is -0.338 e. The minimum atomic E-state index is -0.363. The maximum absolute atomic E-state index is 13.3. The highest BCUT2D eigenvalue weighted by Gasteiger charge is 2.46. The molecular formula is C20H21N3O2. The molecule has 0 saturated carbocycles. The molecule has 0 N–H and O–H groups in total. The van der Waals surface area contributed by atoms with Gasteiger partial charge in [0.15, 0.2) is 0 Å². The molecule has 5 nitrogen and oxygen atoms in total. The summed E-state index contributed by atoms with van der Waals surface area (Å²) < 4.78 is 0. The molecule has 1 aromatic carbocycles. The van der Waals surface area contributed by atoms with E-state index in [1.807, 2.05) is 29.2 Å². The lowest BCUT2D eigenvalue weighted by Crippen LogP contribution is -2.36. The number of carbonyl (C=O) groups excluding carboxylic acids is 2. The van der Waals surface area contributed by atoms with Crippen molar-refractivity contribution in [3.8, 4) is 0 Å². The molecule has 2 aliphatic rings. The zero-order valence-corrected chi connectivity index (χ0v) is 14.4. The monoisotopic (exact) mass is 335 g/mol. The molecule has 0 bridgehead atoms. The van der Waals surface area contributed by atoms with Gasteiger partial charge in [0.1, 0.15) is 0 Å². The summed E-state index contributed by atoms with van der Waals surface area (Å²) >= 11 is 0. The molecule has 5 heteroatoms. The summed E-state index contributed by atoms with van der Waals surface area (Å²) in [6.07, 6.45) is 3.72. The van der Waals surface area contributed by atoms with Crippen molar-refractivity contribution in [3.05, 3.63) is 65.5 Å². The Morgan fingerprint density at radius 1 is 1.20 bits per heavy atom. The van der Waals surface area contributed by atoms with Crippen molar-refractivity contribution in [2.75, 3.05) is 7.05 Å². The summed E-state index contributed by atoms with van der Waals surface area (Å²) in [4.78, 5) is 33.4. The van der Waals surface area contributed by atoms with Crippen LogP contribution < -0.4 is 0 Å². The van der Waals surface area contributed by atoms with Gasteiger partial charge >= 0.3 is 0 Å². The number of hydrogen-bond acceptors (Lipinski definition) is 3. The molecule has 4 rings (SSSR count). The van der Waals surface area contributed by atoms with Crippen molar-refractivity contribution >= 4 is 11.8 Å². The fraction of sp³-hybridized carbons (Fsp3) is 0.350. The zero-order valence-electron chi connectivity index (χ0n) is 14.4. The maximum atomic E-state index is 13.3. The Morgan fingerprint density at radius 2 is 2.00 bits per heavy atom. The van der Waals surface area contributed by atoms with Crippen LogP contribution in [0.2, 0.25) is 0 Å². The van der Waals surface area contributed by atoms with Crippen LogP contribution in [-0.4, -0.2) is 33.6 Å². The Balaban J connectivity index is 1.64. The molecule has 1 saturated heterocycles. The van der Waals surface area contributed by atoms with Gasteiger partial charge < -0.3 is 9.80 Å². The quantitative estimate of drug-likeness (QED) is 0.848. The smallest absolute Gasteiger partial charge is 0.229 e. The number of carbonyl (C=O) groups is 2. The summed E-state index contributed by atoms with van der Waals surface area (Å²) in [5.74, 6) is -0.301. The molecule has 1 aromatic heterocycles. The van der Waals surface area contributed by atoms with Gasteiger partial charge in [-0.05, 0) is 29.7 Å². The predicted molar refractivity (Wildman–Crippen MR) is 93.3 cm³/mol. The molecule has 1 fully saturated rings. The molecule has 25 heavy (non-hydrogen) atoms. The van der Waals surface area contributed by atoms with Crippen molar-refractivity contribution in [1.82, 2.24) is 14.8 Å². The van der Waals surface area contributed by atoms with E-state index in [2.05, 4.69) is 24.0 Å². The molecule has 0 unspecified atom stereocenters. The molecule has 3 heterocycles. The van der Waals surface area contributed by atoms with Gasteiger partial charge in [0.2, 0.25) is 11.8 Å². The third kappa shape index (κ3) is 2.51. The van der Waals surface area contributed by atoms with E-state index in [0.29, 0.717) is 6.54 Å². The average Bonchev–Trinajstić information content (AvgIpc) is 3.13. The van der Waals surface area contributed by atoms with Crippen LogP contribution in [0.5, 0.6) is 0 Å². The highest BCUT2D eigenvalue weighted by molar-refractivity contribution is 5.90. The van der Waals surface area contributed by atoms with Crippen molar-refractivity contribution in [2.24, 2.45) is 5.92 Å². The number of rotatable bonds is 2. The third-order valence-corrected chi connectivity index (χ3v) is 5.53. The van der Waals surface area contributed by atoms with Gasteiger partial charge in [-0.1, -0.05) is 30.3 Å². The second-order valence-corrected chi connectivity index (χ2v) is 6.89. The molecule has 128 valence electrons. The lowest BCUT2D eigenvalue weighted by atomic mass is 9.93. The maximum Gasteiger partial charge on any atom is 0.229 e. The lowest BCUT2D eigenvalue weighted by molar-refractivity contribution is -0.138. The van der Waals surface area contributed by atoms with Crippen LogP contribution in [0.15, 0.2) is 48.8 Å². The first-order valence-electron chi connectivity index (χ1n) is 8.62. The molecule has 3 atom stereocenters. The number of pyridine rings is 1. The van der Waals surface area contributed by atoms with Gasteiger partial charge in [-0.2, -0.15) is 0 Å². The number of nitrogens with zero attached hydrogens (tertiary/aromatic N) is 3. The largest absolute Gasteiger partial charge is 0.338 e. The normalized spacial score (nSPS) is 25.4. The number of likely N-dealkylation sites (tertiary alicyclic amines) is 1. The highest BCUT2D eigenvalue weighted by atomic mass is 16.2. The Kier molecular flexibility index (Phi) is 3.79. The molecular weight excluding hydrogens is 314 g/mol. The van der Waals surface area contributed by atoms with Crippen molar-refractivity contribution < 1.29 is 9.59 Å². The average molecular weight is 335 g/mol. The summed E-state index contributed by atoms with van der Waals surface area (Å²) in [6.45, 7) is 2.67. The molecule has 0 radical (unpaired) electrons. The SMILES string of the molecule is C[C@@H]1c2ccccc2CN1C(=O)[C@@H]1CC(=O)N(C)[C@H]1c1cccnc1. The van der Waals surface area contributed by atoms with E-state index in [9.17, 15) is 9.59 Å². The van der Waals surface area contributed by atoms with Crippen LogP contribution in [0.3, 0.4) is 0 Å². The van der Waals surface area contributed by atoms with Crippen LogP contribution in [0.1, 0.15) is 42.1 Å². The predicted octanol–water partition coefficient (Wildman–Crippen LogP) is 2.70. The van der Waals surface area contributed by atoms with Crippen LogP contribution in [0, 0.1) is 5.92 Å². The fourth-order valence-electron chi connectivity index (χ4n) is 4.15. The van der Waals surface area contributed by atoms with Crippen LogP contribution >= 0.6 is 0 Å². The topological polar surface area (TPSA) is 53.5 Å². The Labute approximate surface area is 147 Å². The fourth-order valence-corrected chi connectivity index (χ4v) is 4.15. The van der Waals surface area contributed by atoms with Gasteiger partial charge in [-0.3, -0.25) is 14.6 Å². The first-order valence-corrected chi connectivity index (χ1v) is 8.62. The van der Waals surface area contributed by atoms with E-state index in [1.54, 1.807) is 24.3 Å². The molecule has 2 aromatic rings. The first-order chi connectivity index (χ1) is 12.1. The van der Waals surface area contributed by atoms with Gasteiger partial charge in [0, 0.05) is 32.4 Å². The van der Waals surface area contributed by atoms with E-state index in [4.69, 9.17) is 0 Å². The summed E-state index contributed by atoms with van der Waals surface area (Å²) in [6, 6.07) is 11.8. The minimum absolute atomic E-state index is 0.0107. The third-order valence-electron chi connectivity index (χ3n) is 5.53. The number of amides is 2. The van der Waals surface area contributed by atoms with Crippen LogP contribution in [-0.2, 0) is 16.1 Å². The zero-order chi connectivity index (χ0) is 17.6. The second kappa shape index (κ2) is 5.99. The second-order valence-electron chi connectivity index (χ2n) is 6.89. The van der Waals surface area contributed by atoms with Crippen molar-refractivity contribution in [1.29, 1.82) is 0 Å². The van der Waals surface area contributed by atoms with E-state index >= 15 is 0 Å². The van der Waals surface area contributed by atoms with Crippen LogP contribution in [0.4, 0.5) is 0 Å². The number of benzene rings is 1. The van der Waals surface area contributed by atoms with Gasteiger partial charge in [-0.15, -0.1) is 0 Å². The Hall–Kier alpha value is -2.69. The van der Waals surface area contributed by atoms with Gasteiger partial charge in [0.25, 0.3) is 0 Å². The number of hydrogen-bond donors (Lipinski definition) is 0. The number of aromatic nitrogens is 1. The van der Waals surface area contributed by atoms with E-state index in [1.165, 1.54) is 11.1 Å². The Bertz CT molecular complexity index is 821. The summed E-state index contributed by atoms with van der Waals surface area (Å²) in [5, 5.41) is 0. The summed E-state index contributed by atoms with van der Waals surface area (Å²) in [5.41, 5.74) is 3.31. The van der Waals surface area contributed by atoms with E-state index in [0.717, 1.165) is 5.56 Å². The highest BCUT2D eigenvalue weighted by Crippen LogP contribution is 2.41. The summed E-state index contributed by atoms with van der Waals surface area (Å²) in [7, 11) is 1.77.